The Morgan fingerprint density at radius 3 is 1.52 bits per heavy atom. The van der Waals surface area contributed by atoms with Crippen molar-refractivity contribution in [2.24, 2.45) is 0 Å². The Kier molecular flexibility index (Phi) is 4.93. The maximum atomic E-state index is 9.66. The third-order valence-corrected chi connectivity index (χ3v) is 4.38. The van der Waals surface area contributed by atoms with E-state index in [1.807, 2.05) is 25.1 Å². The zero-order valence-electron chi connectivity index (χ0n) is 14.8. The normalized spacial score (nSPS) is 10.6. The quantitative estimate of drug-likeness (QED) is 0.716. The first-order chi connectivity index (χ1) is 12.0. The summed E-state index contributed by atoms with van der Waals surface area (Å²) in [5.74, 6) is 0. The van der Waals surface area contributed by atoms with Gasteiger partial charge in [-0.3, -0.25) is 0 Å². The van der Waals surface area contributed by atoms with Crippen molar-refractivity contribution in [1.29, 1.82) is 0 Å². The fraction of sp³-hybridized carbons (Fsp3) is 0.143. The molecule has 0 radical (unpaired) electrons. The molecule has 2 N–H and O–H groups in total. The molecule has 4 heteroatoms. The smallest absolute Gasteiger partial charge is 0.423 e. The number of hydrogen-bond donors (Lipinski definition) is 2. The van der Waals surface area contributed by atoms with Gasteiger partial charge in [-0.1, -0.05) is 47.0 Å². The Labute approximate surface area is 149 Å². The number of aryl methyl sites for hydroxylation is 3. The molecular formula is C21H22BNO2. The lowest BCUT2D eigenvalue weighted by molar-refractivity contribution is 0.425. The molecule has 3 aromatic carbocycles. The summed E-state index contributed by atoms with van der Waals surface area (Å²) in [6.07, 6.45) is 0. The molecule has 0 aliphatic carbocycles. The van der Waals surface area contributed by atoms with E-state index < -0.39 is 7.12 Å². The lowest BCUT2D eigenvalue weighted by Gasteiger charge is -2.26. The van der Waals surface area contributed by atoms with Crippen molar-refractivity contribution in [3.8, 4) is 0 Å². The van der Waals surface area contributed by atoms with Crippen molar-refractivity contribution in [3.05, 3.63) is 83.4 Å². The molecule has 0 aliphatic heterocycles. The minimum atomic E-state index is -1.49. The van der Waals surface area contributed by atoms with Gasteiger partial charge >= 0.3 is 7.12 Å². The molecule has 0 heterocycles. The largest absolute Gasteiger partial charge is 0.488 e. The summed E-state index contributed by atoms with van der Waals surface area (Å²) in [6, 6.07) is 22.3. The van der Waals surface area contributed by atoms with Crippen LogP contribution in [0.3, 0.4) is 0 Å². The van der Waals surface area contributed by atoms with Crippen LogP contribution in [0.2, 0.25) is 0 Å². The first-order valence-electron chi connectivity index (χ1n) is 8.36. The molecule has 0 aromatic heterocycles. The Bertz CT molecular complexity index is 813. The van der Waals surface area contributed by atoms with Crippen LogP contribution in [0.5, 0.6) is 0 Å². The van der Waals surface area contributed by atoms with Gasteiger partial charge in [0.1, 0.15) is 0 Å². The molecule has 3 rings (SSSR count). The molecule has 0 fully saturated rings. The summed E-state index contributed by atoms with van der Waals surface area (Å²) >= 11 is 0. The number of benzene rings is 3. The number of hydrogen-bond acceptors (Lipinski definition) is 3. The summed E-state index contributed by atoms with van der Waals surface area (Å²) in [5.41, 5.74) is 6.70. The van der Waals surface area contributed by atoms with E-state index in [9.17, 15) is 10.0 Å². The van der Waals surface area contributed by atoms with E-state index in [0.717, 1.165) is 22.6 Å². The van der Waals surface area contributed by atoms with E-state index in [0.29, 0.717) is 5.46 Å². The molecule has 0 saturated heterocycles. The van der Waals surface area contributed by atoms with Crippen molar-refractivity contribution in [2.45, 2.75) is 20.8 Å². The van der Waals surface area contributed by atoms with Crippen LogP contribution in [-0.2, 0) is 0 Å². The van der Waals surface area contributed by atoms with Crippen molar-refractivity contribution < 1.29 is 10.0 Å². The maximum absolute atomic E-state index is 9.66. The molecule has 0 atom stereocenters. The van der Waals surface area contributed by atoms with E-state index >= 15 is 0 Å². The van der Waals surface area contributed by atoms with Crippen LogP contribution in [0.4, 0.5) is 17.1 Å². The SMILES string of the molecule is Cc1ccc(N(c2ccc(C)cc2)c2ccc(C)c(B(O)O)c2)cc1. The van der Waals surface area contributed by atoms with E-state index in [1.54, 1.807) is 0 Å². The van der Waals surface area contributed by atoms with Crippen molar-refractivity contribution in [2.75, 3.05) is 4.90 Å². The van der Waals surface area contributed by atoms with Crippen LogP contribution in [-0.4, -0.2) is 17.2 Å². The first kappa shape index (κ1) is 17.3. The van der Waals surface area contributed by atoms with Crippen molar-refractivity contribution >= 4 is 29.6 Å². The molecule has 0 bridgehead atoms. The summed E-state index contributed by atoms with van der Waals surface area (Å²) in [4.78, 5) is 2.12. The van der Waals surface area contributed by atoms with Gasteiger partial charge in [-0.15, -0.1) is 0 Å². The fourth-order valence-electron chi connectivity index (χ4n) is 2.88. The molecule has 3 aromatic rings. The van der Waals surface area contributed by atoms with Gasteiger partial charge in [0, 0.05) is 17.1 Å². The monoisotopic (exact) mass is 331 g/mol. The first-order valence-corrected chi connectivity index (χ1v) is 8.36. The number of rotatable bonds is 4. The van der Waals surface area contributed by atoms with Crippen LogP contribution in [0.25, 0.3) is 0 Å². The van der Waals surface area contributed by atoms with E-state index in [1.165, 1.54) is 11.1 Å². The van der Waals surface area contributed by atoms with E-state index in [2.05, 4.69) is 67.3 Å². The predicted molar refractivity (Wildman–Crippen MR) is 105 cm³/mol. The zero-order valence-corrected chi connectivity index (χ0v) is 14.8. The van der Waals surface area contributed by atoms with Gasteiger partial charge in [0.05, 0.1) is 0 Å². The highest BCUT2D eigenvalue weighted by Gasteiger charge is 2.18. The highest BCUT2D eigenvalue weighted by atomic mass is 16.4. The van der Waals surface area contributed by atoms with Crippen LogP contribution >= 0.6 is 0 Å². The van der Waals surface area contributed by atoms with Crippen molar-refractivity contribution in [1.82, 2.24) is 0 Å². The summed E-state index contributed by atoms with van der Waals surface area (Å²) in [7, 11) is -1.49. The van der Waals surface area contributed by atoms with Crippen LogP contribution in [0, 0.1) is 20.8 Å². The third kappa shape index (κ3) is 3.76. The van der Waals surface area contributed by atoms with Gasteiger partial charge in [0.25, 0.3) is 0 Å². The summed E-state index contributed by atoms with van der Waals surface area (Å²) in [5, 5.41) is 19.3. The Hall–Kier alpha value is -2.56. The minimum absolute atomic E-state index is 0.515. The van der Waals surface area contributed by atoms with Gasteiger partial charge in [-0.25, -0.2) is 0 Å². The van der Waals surface area contributed by atoms with Crippen LogP contribution in [0.1, 0.15) is 16.7 Å². The van der Waals surface area contributed by atoms with Gasteiger partial charge < -0.3 is 14.9 Å². The lowest BCUT2D eigenvalue weighted by Crippen LogP contribution is -2.32. The number of anilines is 3. The average molecular weight is 331 g/mol. The zero-order chi connectivity index (χ0) is 18.0. The molecular weight excluding hydrogens is 309 g/mol. The molecule has 0 amide bonds. The lowest BCUT2D eigenvalue weighted by atomic mass is 9.77. The maximum Gasteiger partial charge on any atom is 0.488 e. The van der Waals surface area contributed by atoms with Gasteiger partial charge in [-0.2, -0.15) is 0 Å². The standard InChI is InChI=1S/C21H22BNO2/c1-15-4-9-18(10-5-15)23(19-11-6-16(2)7-12-19)20-13-8-17(3)21(14-20)22(24)25/h4-14,24-25H,1-3H3. The third-order valence-electron chi connectivity index (χ3n) is 4.38. The van der Waals surface area contributed by atoms with E-state index in [4.69, 9.17) is 0 Å². The molecule has 3 nitrogen and oxygen atoms in total. The Morgan fingerprint density at radius 2 is 1.08 bits per heavy atom. The minimum Gasteiger partial charge on any atom is -0.423 e. The van der Waals surface area contributed by atoms with Gasteiger partial charge in [0.15, 0.2) is 0 Å². The van der Waals surface area contributed by atoms with E-state index in [-0.39, 0.29) is 0 Å². The molecule has 0 spiro atoms. The molecule has 25 heavy (non-hydrogen) atoms. The second-order valence-corrected chi connectivity index (χ2v) is 6.42. The highest BCUT2D eigenvalue weighted by Crippen LogP contribution is 2.34. The Morgan fingerprint density at radius 1 is 0.640 bits per heavy atom. The van der Waals surface area contributed by atoms with Crippen LogP contribution < -0.4 is 10.4 Å². The summed E-state index contributed by atoms with van der Waals surface area (Å²) in [6.45, 7) is 6.00. The molecule has 126 valence electrons. The Balaban J connectivity index is 2.15. The van der Waals surface area contributed by atoms with Gasteiger partial charge in [0.2, 0.25) is 0 Å². The number of nitrogens with zero attached hydrogens (tertiary/aromatic N) is 1. The molecule has 0 saturated carbocycles. The predicted octanol–water partition coefficient (Wildman–Crippen LogP) is 3.76. The second-order valence-electron chi connectivity index (χ2n) is 6.42. The molecule has 0 unspecified atom stereocenters. The van der Waals surface area contributed by atoms with Gasteiger partial charge in [-0.05, 0) is 62.6 Å². The fourth-order valence-corrected chi connectivity index (χ4v) is 2.88. The average Bonchev–Trinajstić information content (AvgIpc) is 2.59. The topological polar surface area (TPSA) is 43.7 Å². The molecule has 0 aliphatic rings. The van der Waals surface area contributed by atoms with Crippen LogP contribution in [0.15, 0.2) is 66.7 Å². The highest BCUT2D eigenvalue weighted by molar-refractivity contribution is 6.59. The van der Waals surface area contributed by atoms with Crippen molar-refractivity contribution in [3.63, 3.8) is 0 Å². The second kappa shape index (κ2) is 7.13. The summed E-state index contributed by atoms with van der Waals surface area (Å²) < 4.78 is 0.